The maximum absolute atomic E-state index is 11.8. The van der Waals surface area contributed by atoms with Crippen LogP contribution in [0.15, 0.2) is 35.4 Å². The quantitative estimate of drug-likeness (QED) is 0.823. The molecule has 0 aliphatic carbocycles. The fourth-order valence-corrected chi connectivity index (χ4v) is 1.92. The zero-order chi connectivity index (χ0) is 13.3. The Balaban J connectivity index is 2.02. The van der Waals surface area contributed by atoms with Crippen LogP contribution in [0.4, 0.5) is 0 Å². The molecule has 18 heavy (non-hydrogen) atoms. The first kappa shape index (κ1) is 12.4. The molecule has 0 saturated carbocycles. The van der Waals surface area contributed by atoms with Crippen molar-refractivity contribution in [2.75, 3.05) is 6.54 Å². The van der Waals surface area contributed by atoms with Crippen LogP contribution in [-0.4, -0.2) is 28.4 Å². The van der Waals surface area contributed by atoms with Crippen LogP contribution in [-0.2, 0) is 16.0 Å². The van der Waals surface area contributed by atoms with E-state index < -0.39 is 0 Å². The fraction of sp³-hybridized carbons (Fsp3) is 0.286. The second-order valence-corrected chi connectivity index (χ2v) is 4.43. The Morgan fingerprint density at radius 2 is 1.50 bits per heavy atom. The molecule has 2 rings (SSSR count). The van der Waals surface area contributed by atoms with Crippen LogP contribution in [0.5, 0.6) is 5.75 Å². The Morgan fingerprint density at radius 3 is 2.00 bits per heavy atom. The number of carbonyl (C=O) groups excluding carboxylic acids is 2. The van der Waals surface area contributed by atoms with Gasteiger partial charge in [0, 0.05) is 17.7 Å². The lowest BCUT2D eigenvalue weighted by atomic mass is 10.1. The van der Waals surface area contributed by atoms with Crippen molar-refractivity contribution in [1.82, 2.24) is 4.90 Å². The van der Waals surface area contributed by atoms with Crippen LogP contribution < -0.4 is 0 Å². The smallest absolute Gasteiger partial charge is 0.256 e. The van der Waals surface area contributed by atoms with Gasteiger partial charge in [0.2, 0.25) is 0 Å². The molecule has 0 saturated heterocycles. The Hall–Kier alpha value is -2.10. The van der Waals surface area contributed by atoms with E-state index in [1.807, 2.05) is 0 Å². The van der Waals surface area contributed by atoms with Gasteiger partial charge in [0.05, 0.1) is 0 Å². The topological polar surface area (TPSA) is 57.6 Å². The molecule has 0 bridgehead atoms. The Labute approximate surface area is 106 Å². The van der Waals surface area contributed by atoms with Gasteiger partial charge in [-0.1, -0.05) is 12.1 Å². The average molecular weight is 245 g/mol. The Morgan fingerprint density at radius 1 is 1.00 bits per heavy atom. The molecule has 0 unspecified atom stereocenters. The van der Waals surface area contributed by atoms with Crippen LogP contribution in [0.3, 0.4) is 0 Å². The largest absolute Gasteiger partial charge is 0.508 e. The average Bonchev–Trinajstić information content (AvgIpc) is 2.54. The molecule has 0 fully saturated rings. The third-order valence-corrected chi connectivity index (χ3v) is 3.25. The molecule has 1 heterocycles. The molecule has 1 aromatic carbocycles. The van der Waals surface area contributed by atoms with Gasteiger partial charge in [-0.3, -0.25) is 14.5 Å². The third kappa shape index (κ3) is 2.14. The summed E-state index contributed by atoms with van der Waals surface area (Å²) in [6.45, 7) is 3.73. The highest BCUT2D eigenvalue weighted by Gasteiger charge is 2.32. The molecule has 94 valence electrons. The second-order valence-electron chi connectivity index (χ2n) is 4.43. The standard InChI is InChI=1S/C14H15NO3/c1-9-10(2)14(18)15(13(9)17)8-7-11-3-5-12(16)6-4-11/h3-6,16H,7-8H2,1-2H3. The van der Waals surface area contributed by atoms with Gasteiger partial charge in [-0.25, -0.2) is 0 Å². The highest BCUT2D eigenvalue weighted by Crippen LogP contribution is 2.20. The van der Waals surface area contributed by atoms with Gasteiger partial charge in [-0.2, -0.15) is 0 Å². The van der Waals surface area contributed by atoms with E-state index in [1.54, 1.807) is 38.1 Å². The Kier molecular flexibility index (Phi) is 3.19. The summed E-state index contributed by atoms with van der Waals surface area (Å²) in [7, 11) is 0. The summed E-state index contributed by atoms with van der Waals surface area (Å²) in [5.74, 6) is -0.187. The summed E-state index contributed by atoms with van der Waals surface area (Å²) in [6.07, 6.45) is 0.596. The molecule has 1 aliphatic heterocycles. The predicted octanol–water partition coefficient (Wildman–Crippen LogP) is 1.64. The van der Waals surface area contributed by atoms with E-state index in [1.165, 1.54) is 4.90 Å². The SMILES string of the molecule is CC1=C(C)C(=O)N(CCc2ccc(O)cc2)C1=O. The number of hydrogen-bond donors (Lipinski definition) is 1. The highest BCUT2D eigenvalue weighted by atomic mass is 16.3. The number of carbonyl (C=O) groups is 2. The number of amides is 2. The first-order valence-electron chi connectivity index (χ1n) is 5.82. The number of phenols is 1. The number of rotatable bonds is 3. The van der Waals surface area contributed by atoms with Gasteiger partial charge in [0.1, 0.15) is 5.75 Å². The number of phenolic OH excluding ortho intramolecular Hbond substituents is 1. The molecule has 1 N–H and O–H groups in total. The normalized spacial score (nSPS) is 15.8. The molecule has 0 spiro atoms. The first-order chi connectivity index (χ1) is 8.50. The van der Waals surface area contributed by atoms with Crippen molar-refractivity contribution in [3.63, 3.8) is 0 Å². The van der Waals surface area contributed by atoms with E-state index in [2.05, 4.69) is 0 Å². The lowest BCUT2D eigenvalue weighted by Gasteiger charge is -2.14. The summed E-state index contributed by atoms with van der Waals surface area (Å²) >= 11 is 0. The maximum atomic E-state index is 11.8. The van der Waals surface area contributed by atoms with Crippen molar-refractivity contribution in [2.24, 2.45) is 0 Å². The van der Waals surface area contributed by atoms with E-state index in [0.717, 1.165) is 5.56 Å². The van der Waals surface area contributed by atoms with Gasteiger partial charge in [0.25, 0.3) is 11.8 Å². The molecule has 0 aromatic heterocycles. The van der Waals surface area contributed by atoms with Gasteiger partial charge in [0.15, 0.2) is 0 Å². The van der Waals surface area contributed by atoms with Gasteiger partial charge in [-0.05, 0) is 38.0 Å². The molecule has 2 amide bonds. The van der Waals surface area contributed by atoms with Crippen molar-refractivity contribution < 1.29 is 14.7 Å². The predicted molar refractivity (Wildman–Crippen MR) is 66.9 cm³/mol. The molecule has 0 atom stereocenters. The van der Waals surface area contributed by atoms with Crippen LogP contribution >= 0.6 is 0 Å². The van der Waals surface area contributed by atoms with E-state index in [-0.39, 0.29) is 17.6 Å². The highest BCUT2D eigenvalue weighted by molar-refractivity contribution is 6.18. The van der Waals surface area contributed by atoms with Crippen molar-refractivity contribution >= 4 is 11.8 Å². The molecular weight excluding hydrogens is 230 g/mol. The lowest BCUT2D eigenvalue weighted by molar-refractivity contribution is -0.137. The van der Waals surface area contributed by atoms with E-state index in [9.17, 15) is 9.59 Å². The van der Waals surface area contributed by atoms with E-state index in [0.29, 0.717) is 24.1 Å². The minimum atomic E-state index is -0.198. The zero-order valence-electron chi connectivity index (χ0n) is 10.4. The summed E-state index contributed by atoms with van der Waals surface area (Å²) in [5.41, 5.74) is 2.05. The third-order valence-electron chi connectivity index (χ3n) is 3.25. The number of benzene rings is 1. The van der Waals surface area contributed by atoms with Crippen LogP contribution in [0.2, 0.25) is 0 Å². The van der Waals surface area contributed by atoms with Crippen molar-refractivity contribution in [3.8, 4) is 5.75 Å². The minimum absolute atomic E-state index is 0.198. The summed E-state index contributed by atoms with van der Waals surface area (Å²) in [4.78, 5) is 24.9. The zero-order valence-corrected chi connectivity index (χ0v) is 10.4. The summed E-state index contributed by atoms with van der Waals surface area (Å²) in [5, 5.41) is 9.16. The maximum Gasteiger partial charge on any atom is 0.256 e. The van der Waals surface area contributed by atoms with Crippen LogP contribution in [0.1, 0.15) is 19.4 Å². The summed E-state index contributed by atoms with van der Waals surface area (Å²) in [6, 6.07) is 6.76. The Bertz CT molecular complexity index is 504. The fourth-order valence-electron chi connectivity index (χ4n) is 1.92. The van der Waals surface area contributed by atoms with Crippen molar-refractivity contribution in [1.29, 1.82) is 0 Å². The molecule has 0 radical (unpaired) electrons. The molecule has 4 heteroatoms. The van der Waals surface area contributed by atoms with Crippen molar-refractivity contribution in [2.45, 2.75) is 20.3 Å². The number of aromatic hydroxyl groups is 1. The van der Waals surface area contributed by atoms with Crippen LogP contribution in [0, 0.1) is 0 Å². The van der Waals surface area contributed by atoms with Gasteiger partial charge in [-0.15, -0.1) is 0 Å². The van der Waals surface area contributed by atoms with Crippen molar-refractivity contribution in [3.05, 3.63) is 41.0 Å². The number of hydrogen-bond acceptors (Lipinski definition) is 3. The minimum Gasteiger partial charge on any atom is -0.508 e. The lowest BCUT2D eigenvalue weighted by Crippen LogP contribution is -2.33. The summed E-state index contributed by atoms with van der Waals surface area (Å²) < 4.78 is 0. The molecule has 1 aliphatic rings. The molecule has 4 nitrogen and oxygen atoms in total. The number of nitrogens with zero attached hydrogens (tertiary/aromatic N) is 1. The molecule has 1 aromatic rings. The monoisotopic (exact) mass is 245 g/mol. The van der Waals surface area contributed by atoms with Gasteiger partial charge < -0.3 is 5.11 Å². The number of imide groups is 1. The van der Waals surface area contributed by atoms with Crippen LogP contribution in [0.25, 0.3) is 0 Å². The van der Waals surface area contributed by atoms with E-state index in [4.69, 9.17) is 5.11 Å². The van der Waals surface area contributed by atoms with Gasteiger partial charge >= 0.3 is 0 Å². The van der Waals surface area contributed by atoms with E-state index >= 15 is 0 Å². The second kappa shape index (κ2) is 4.64. The first-order valence-corrected chi connectivity index (χ1v) is 5.82. The molecular formula is C14H15NO3.